The Bertz CT molecular complexity index is 270. The molecule has 0 unspecified atom stereocenters. The lowest BCUT2D eigenvalue weighted by Crippen LogP contribution is -1.94. The van der Waals surface area contributed by atoms with Crippen LogP contribution in [-0.2, 0) is 7.05 Å². The second-order valence-corrected chi connectivity index (χ2v) is 3.12. The first-order valence-electron chi connectivity index (χ1n) is 3.56. The third-order valence-electron chi connectivity index (χ3n) is 1.72. The van der Waals surface area contributed by atoms with Crippen molar-refractivity contribution >= 4 is 11.8 Å². The molecule has 3 nitrogen and oxygen atoms in total. The lowest BCUT2D eigenvalue weighted by molar-refractivity contribution is 0.377. The minimum absolute atomic E-state index is 0.816. The Morgan fingerprint density at radius 1 is 1.33 bits per heavy atom. The zero-order valence-corrected chi connectivity index (χ0v) is 8.57. The first kappa shape index (κ1) is 9.32. The molecule has 0 saturated carbocycles. The van der Waals surface area contributed by atoms with E-state index < -0.39 is 0 Å². The largest absolute Gasteiger partial charge is 0.494 e. The Hall–Kier alpha value is -0.770. The highest BCUT2D eigenvalue weighted by Gasteiger charge is 2.11. The topological polar surface area (TPSA) is 23.4 Å². The van der Waals surface area contributed by atoms with E-state index in [1.165, 1.54) is 0 Å². The van der Waals surface area contributed by atoms with Crippen LogP contribution in [0.15, 0.2) is 11.1 Å². The van der Waals surface area contributed by atoms with Crippen molar-refractivity contribution in [3.05, 3.63) is 6.07 Å². The van der Waals surface area contributed by atoms with Gasteiger partial charge in [0.05, 0.1) is 14.2 Å². The molecule has 1 rings (SSSR count). The van der Waals surface area contributed by atoms with Crippen molar-refractivity contribution in [3.63, 3.8) is 0 Å². The number of hydrogen-bond acceptors (Lipinski definition) is 3. The summed E-state index contributed by atoms with van der Waals surface area (Å²) in [6.45, 7) is 0. The second kappa shape index (κ2) is 3.76. The number of hydrogen-bond donors (Lipinski definition) is 0. The average Bonchev–Trinajstić information content (AvgIpc) is 2.41. The van der Waals surface area contributed by atoms with Crippen molar-refractivity contribution < 1.29 is 9.47 Å². The lowest BCUT2D eigenvalue weighted by Gasteiger charge is -2.03. The summed E-state index contributed by atoms with van der Waals surface area (Å²) in [5, 5.41) is 1.08. The van der Waals surface area contributed by atoms with Gasteiger partial charge in [-0.05, 0) is 6.26 Å². The quantitative estimate of drug-likeness (QED) is 0.674. The van der Waals surface area contributed by atoms with Gasteiger partial charge in [0.1, 0.15) is 5.03 Å². The molecule has 0 bridgehead atoms. The van der Waals surface area contributed by atoms with Gasteiger partial charge in [-0.25, -0.2) is 0 Å². The summed E-state index contributed by atoms with van der Waals surface area (Å²) in [5.41, 5.74) is 0. The molecule has 0 aliphatic carbocycles. The summed E-state index contributed by atoms with van der Waals surface area (Å²) >= 11 is 1.64. The van der Waals surface area contributed by atoms with Crippen LogP contribution in [-0.4, -0.2) is 25.0 Å². The molecule has 0 aliphatic rings. The van der Waals surface area contributed by atoms with Crippen LogP contribution in [0, 0.1) is 0 Å². The van der Waals surface area contributed by atoms with Gasteiger partial charge < -0.3 is 14.0 Å². The van der Waals surface area contributed by atoms with Crippen LogP contribution in [0.4, 0.5) is 0 Å². The van der Waals surface area contributed by atoms with E-state index in [-0.39, 0.29) is 0 Å². The van der Waals surface area contributed by atoms with Crippen LogP contribution in [0.1, 0.15) is 0 Å². The molecular weight excluding hydrogens is 174 g/mol. The molecule has 0 saturated heterocycles. The summed E-state index contributed by atoms with van der Waals surface area (Å²) in [6.07, 6.45) is 2.01. The summed E-state index contributed by atoms with van der Waals surface area (Å²) in [7, 11) is 5.26. The van der Waals surface area contributed by atoms with E-state index >= 15 is 0 Å². The number of aromatic nitrogens is 1. The lowest BCUT2D eigenvalue weighted by atomic mass is 10.6. The Morgan fingerprint density at radius 2 is 2.00 bits per heavy atom. The fourth-order valence-electron chi connectivity index (χ4n) is 1.12. The van der Waals surface area contributed by atoms with E-state index in [1.54, 1.807) is 26.0 Å². The fraction of sp³-hybridized carbons (Fsp3) is 0.500. The van der Waals surface area contributed by atoms with Crippen LogP contribution in [0.5, 0.6) is 11.6 Å². The van der Waals surface area contributed by atoms with Gasteiger partial charge in [0, 0.05) is 13.1 Å². The molecule has 0 spiro atoms. The number of ether oxygens (including phenoxy) is 2. The highest BCUT2D eigenvalue weighted by Crippen LogP contribution is 2.33. The maximum absolute atomic E-state index is 5.18. The molecule has 1 aromatic rings. The van der Waals surface area contributed by atoms with E-state index in [0.29, 0.717) is 0 Å². The van der Waals surface area contributed by atoms with Gasteiger partial charge in [0.15, 0.2) is 11.6 Å². The number of rotatable bonds is 3. The molecule has 0 aliphatic heterocycles. The van der Waals surface area contributed by atoms with Crippen LogP contribution in [0.2, 0.25) is 0 Å². The zero-order chi connectivity index (χ0) is 9.14. The normalized spacial score (nSPS) is 10.0. The van der Waals surface area contributed by atoms with E-state index in [0.717, 1.165) is 16.7 Å². The van der Waals surface area contributed by atoms with Crippen LogP contribution in [0.25, 0.3) is 0 Å². The van der Waals surface area contributed by atoms with Gasteiger partial charge in [-0.1, -0.05) is 0 Å². The van der Waals surface area contributed by atoms with Crippen LogP contribution < -0.4 is 9.47 Å². The van der Waals surface area contributed by atoms with Gasteiger partial charge >= 0.3 is 0 Å². The molecular formula is C8H13NO2S. The number of nitrogens with zero attached hydrogens (tertiary/aromatic N) is 1. The maximum Gasteiger partial charge on any atom is 0.197 e. The summed E-state index contributed by atoms with van der Waals surface area (Å²) in [5.74, 6) is 1.68. The predicted octanol–water partition coefficient (Wildman–Crippen LogP) is 1.76. The van der Waals surface area contributed by atoms with Gasteiger partial charge in [-0.15, -0.1) is 11.8 Å². The Balaban J connectivity index is 3.13. The summed E-state index contributed by atoms with van der Waals surface area (Å²) in [4.78, 5) is 0. The maximum atomic E-state index is 5.18. The smallest absolute Gasteiger partial charge is 0.197 e. The number of methoxy groups -OCH3 is 2. The SMILES string of the molecule is COc1cc(OC)n(C)c1SC. The van der Waals surface area contributed by atoms with Gasteiger partial charge in [-0.2, -0.15) is 0 Å². The monoisotopic (exact) mass is 187 g/mol. The second-order valence-electron chi connectivity index (χ2n) is 2.32. The predicted molar refractivity (Wildman–Crippen MR) is 50.3 cm³/mol. The molecule has 0 radical (unpaired) electrons. The molecule has 0 amide bonds. The molecule has 1 aromatic heterocycles. The fourth-order valence-corrected chi connectivity index (χ4v) is 1.82. The average molecular weight is 187 g/mol. The van der Waals surface area contributed by atoms with Crippen molar-refractivity contribution in [1.29, 1.82) is 0 Å². The summed E-state index contributed by atoms with van der Waals surface area (Å²) < 4.78 is 12.3. The Labute approximate surface area is 76.7 Å². The minimum atomic E-state index is 0.816. The highest BCUT2D eigenvalue weighted by atomic mass is 32.2. The molecule has 4 heteroatoms. The molecule has 0 fully saturated rings. The Kier molecular flexibility index (Phi) is 2.92. The van der Waals surface area contributed by atoms with Crippen molar-refractivity contribution in [2.75, 3.05) is 20.5 Å². The minimum Gasteiger partial charge on any atom is -0.494 e. The van der Waals surface area contributed by atoms with Gasteiger partial charge in [0.2, 0.25) is 0 Å². The first-order chi connectivity index (χ1) is 5.74. The van der Waals surface area contributed by atoms with E-state index in [4.69, 9.17) is 9.47 Å². The molecule has 0 atom stereocenters. The zero-order valence-electron chi connectivity index (χ0n) is 7.75. The molecule has 0 aromatic carbocycles. The van der Waals surface area contributed by atoms with Crippen molar-refractivity contribution in [2.45, 2.75) is 5.03 Å². The van der Waals surface area contributed by atoms with Crippen molar-refractivity contribution in [3.8, 4) is 11.6 Å². The molecule has 68 valence electrons. The van der Waals surface area contributed by atoms with E-state index in [9.17, 15) is 0 Å². The summed E-state index contributed by atoms with van der Waals surface area (Å²) in [6, 6.07) is 1.88. The first-order valence-corrected chi connectivity index (χ1v) is 4.78. The van der Waals surface area contributed by atoms with Crippen LogP contribution in [0.3, 0.4) is 0 Å². The van der Waals surface area contributed by atoms with Crippen molar-refractivity contribution in [1.82, 2.24) is 4.57 Å². The Morgan fingerprint density at radius 3 is 2.33 bits per heavy atom. The van der Waals surface area contributed by atoms with E-state index in [1.807, 2.05) is 23.9 Å². The van der Waals surface area contributed by atoms with E-state index in [2.05, 4.69) is 0 Å². The van der Waals surface area contributed by atoms with Crippen molar-refractivity contribution in [2.24, 2.45) is 7.05 Å². The van der Waals surface area contributed by atoms with Gasteiger partial charge in [0.25, 0.3) is 0 Å². The number of thioether (sulfide) groups is 1. The van der Waals surface area contributed by atoms with Crippen LogP contribution >= 0.6 is 11.8 Å². The third kappa shape index (κ3) is 1.39. The standard InChI is InChI=1S/C8H13NO2S/c1-9-7(11-3)5-6(10-2)8(9)12-4/h5H,1-4H3. The van der Waals surface area contributed by atoms with Gasteiger partial charge in [-0.3, -0.25) is 0 Å². The molecule has 12 heavy (non-hydrogen) atoms. The third-order valence-corrected chi connectivity index (χ3v) is 2.58. The highest BCUT2D eigenvalue weighted by molar-refractivity contribution is 7.98. The molecule has 0 N–H and O–H groups in total. The molecule has 1 heterocycles.